The van der Waals surface area contributed by atoms with Crippen molar-refractivity contribution in [1.29, 1.82) is 0 Å². The number of ether oxygens (including phenoxy) is 1. The number of hydrogen-bond donors (Lipinski definition) is 1. The van der Waals surface area contributed by atoms with Crippen molar-refractivity contribution in [2.24, 2.45) is 0 Å². The van der Waals surface area contributed by atoms with Crippen LogP contribution in [0.2, 0.25) is 0 Å². The lowest BCUT2D eigenvalue weighted by Gasteiger charge is -2.07. The fraction of sp³-hybridized carbons (Fsp3) is 0.125. The fourth-order valence-electron chi connectivity index (χ4n) is 1.88. The van der Waals surface area contributed by atoms with Crippen LogP contribution < -0.4 is 5.32 Å². The number of benzene rings is 2. The van der Waals surface area contributed by atoms with Gasteiger partial charge in [0.15, 0.2) is 6.61 Å². The number of aryl methyl sites for hydroxylation is 1. The zero-order valence-corrected chi connectivity index (χ0v) is 12.3. The summed E-state index contributed by atoms with van der Waals surface area (Å²) in [6, 6.07) is 12.3. The van der Waals surface area contributed by atoms with Gasteiger partial charge in [0.05, 0.1) is 10.5 Å². The largest absolute Gasteiger partial charge is 0.452 e. The Morgan fingerprint density at radius 3 is 2.61 bits per heavy atom. The Hall–Kier alpha value is -3.22. The molecule has 118 valence electrons. The van der Waals surface area contributed by atoms with E-state index in [0.29, 0.717) is 5.56 Å². The number of nitrogens with zero attached hydrogens (tertiary/aromatic N) is 1. The summed E-state index contributed by atoms with van der Waals surface area (Å²) in [5, 5.41) is 13.1. The monoisotopic (exact) mass is 314 g/mol. The molecule has 7 heteroatoms. The van der Waals surface area contributed by atoms with Crippen molar-refractivity contribution in [1.82, 2.24) is 0 Å². The minimum absolute atomic E-state index is 0.139. The quantitative estimate of drug-likeness (QED) is 0.519. The second-order valence-corrected chi connectivity index (χ2v) is 4.80. The van der Waals surface area contributed by atoms with Crippen LogP contribution in [0.25, 0.3) is 0 Å². The molecule has 0 saturated heterocycles. The molecule has 23 heavy (non-hydrogen) atoms. The van der Waals surface area contributed by atoms with Crippen LogP contribution in [0.4, 0.5) is 11.4 Å². The van der Waals surface area contributed by atoms with E-state index in [-0.39, 0.29) is 11.4 Å². The van der Waals surface area contributed by atoms with E-state index in [1.807, 2.05) is 13.0 Å². The zero-order valence-electron chi connectivity index (χ0n) is 12.3. The number of esters is 1. The highest BCUT2D eigenvalue weighted by atomic mass is 16.6. The molecular formula is C16H14N2O5. The summed E-state index contributed by atoms with van der Waals surface area (Å²) in [5.41, 5.74) is 1.38. The molecule has 0 heterocycles. The molecule has 0 radical (unpaired) electrons. The van der Waals surface area contributed by atoms with Gasteiger partial charge in [0.2, 0.25) is 0 Å². The number of carbonyl (C=O) groups is 2. The van der Waals surface area contributed by atoms with E-state index in [4.69, 9.17) is 4.74 Å². The average molecular weight is 314 g/mol. The number of nitro benzene ring substituents is 1. The van der Waals surface area contributed by atoms with E-state index in [2.05, 4.69) is 5.32 Å². The van der Waals surface area contributed by atoms with Gasteiger partial charge in [-0.05, 0) is 25.1 Å². The van der Waals surface area contributed by atoms with Gasteiger partial charge in [-0.3, -0.25) is 14.9 Å². The van der Waals surface area contributed by atoms with Crippen molar-refractivity contribution in [3.63, 3.8) is 0 Å². The molecule has 0 saturated carbocycles. The third-order valence-corrected chi connectivity index (χ3v) is 2.93. The van der Waals surface area contributed by atoms with Crippen molar-refractivity contribution >= 4 is 23.3 Å². The number of nitrogens with one attached hydrogen (secondary N) is 1. The number of non-ortho nitro benzene ring substituents is 1. The van der Waals surface area contributed by atoms with Crippen LogP contribution in [0.15, 0.2) is 48.5 Å². The molecule has 0 aromatic heterocycles. The molecule has 0 spiro atoms. The predicted molar refractivity (Wildman–Crippen MR) is 83.2 cm³/mol. The maximum atomic E-state index is 11.8. The lowest BCUT2D eigenvalue weighted by Crippen LogP contribution is -2.21. The van der Waals surface area contributed by atoms with Gasteiger partial charge in [0.25, 0.3) is 11.6 Å². The molecule has 0 aliphatic carbocycles. The highest BCUT2D eigenvalue weighted by molar-refractivity contribution is 5.95. The Kier molecular flexibility index (Phi) is 5.03. The lowest BCUT2D eigenvalue weighted by molar-refractivity contribution is -0.384. The highest BCUT2D eigenvalue weighted by Gasteiger charge is 2.12. The van der Waals surface area contributed by atoms with Gasteiger partial charge in [-0.1, -0.05) is 23.8 Å². The Morgan fingerprint density at radius 2 is 1.91 bits per heavy atom. The summed E-state index contributed by atoms with van der Waals surface area (Å²) < 4.78 is 4.91. The third kappa shape index (κ3) is 4.63. The molecular weight excluding hydrogens is 300 g/mol. The minimum Gasteiger partial charge on any atom is -0.452 e. The lowest BCUT2D eigenvalue weighted by atomic mass is 10.1. The van der Waals surface area contributed by atoms with E-state index in [1.54, 1.807) is 18.2 Å². The van der Waals surface area contributed by atoms with Crippen LogP contribution in [0.3, 0.4) is 0 Å². The molecule has 0 bridgehead atoms. The van der Waals surface area contributed by atoms with Crippen LogP contribution in [-0.2, 0) is 9.53 Å². The second-order valence-electron chi connectivity index (χ2n) is 4.80. The zero-order chi connectivity index (χ0) is 16.8. The smallest absolute Gasteiger partial charge is 0.338 e. The maximum absolute atomic E-state index is 11.8. The number of anilines is 1. The van der Waals surface area contributed by atoms with Crippen molar-refractivity contribution in [2.75, 3.05) is 11.9 Å². The molecule has 0 unspecified atom stereocenters. The van der Waals surface area contributed by atoms with E-state index >= 15 is 0 Å². The van der Waals surface area contributed by atoms with Crippen molar-refractivity contribution < 1.29 is 19.2 Å². The van der Waals surface area contributed by atoms with Crippen molar-refractivity contribution in [2.45, 2.75) is 6.92 Å². The maximum Gasteiger partial charge on any atom is 0.338 e. The molecule has 0 fully saturated rings. The summed E-state index contributed by atoms with van der Waals surface area (Å²) >= 11 is 0. The van der Waals surface area contributed by atoms with Gasteiger partial charge in [-0.25, -0.2) is 4.79 Å². The number of rotatable bonds is 5. The van der Waals surface area contributed by atoms with E-state index in [9.17, 15) is 19.7 Å². The summed E-state index contributed by atoms with van der Waals surface area (Å²) in [7, 11) is 0. The Bertz CT molecular complexity index is 758. The normalized spacial score (nSPS) is 9.96. The van der Waals surface area contributed by atoms with Crippen LogP contribution in [0, 0.1) is 17.0 Å². The molecule has 1 N–H and O–H groups in total. The Balaban J connectivity index is 1.91. The Morgan fingerprint density at radius 1 is 1.17 bits per heavy atom. The minimum atomic E-state index is -0.608. The number of hydrogen-bond acceptors (Lipinski definition) is 5. The van der Waals surface area contributed by atoms with Gasteiger partial charge in [0, 0.05) is 17.8 Å². The van der Waals surface area contributed by atoms with Crippen LogP contribution in [0.5, 0.6) is 0 Å². The molecule has 2 aromatic rings. The van der Waals surface area contributed by atoms with Gasteiger partial charge < -0.3 is 10.1 Å². The standard InChI is InChI=1S/C16H14N2O5/c1-11-4-2-5-12(8-11)16(20)23-10-15(19)17-13-6-3-7-14(9-13)18(21)22/h2-9H,10H2,1H3,(H,17,19). The van der Waals surface area contributed by atoms with Gasteiger partial charge in [0.1, 0.15) is 0 Å². The Labute approximate surface area is 132 Å². The van der Waals surface area contributed by atoms with Crippen LogP contribution in [-0.4, -0.2) is 23.4 Å². The SMILES string of the molecule is Cc1cccc(C(=O)OCC(=O)Nc2cccc([N+](=O)[O-])c2)c1. The van der Waals surface area contributed by atoms with Crippen molar-refractivity contribution in [3.05, 3.63) is 69.8 Å². The van der Waals surface area contributed by atoms with Crippen molar-refractivity contribution in [3.8, 4) is 0 Å². The van der Waals surface area contributed by atoms with Gasteiger partial charge in [-0.2, -0.15) is 0 Å². The molecule has 0 atom stereocenters. The highest BCUT2D eigenvalue weighted by Crippen LogP contribution is 2.16. The second kappa shape index (κ2) is 7.17. The first-order valence-electron chi connectivity index (χ1n) is 6.74. The predicted octanol–water partition coefficient (Wildman–Crippen LogP) is 2.70. The van der Waals surface area contributed by atoms with E-state index in [1.165, 1.54) is 24.3 Å². The molecule has 1 amide bonds. The first-order valence-corrected chi connectivity index (χ1v) is 6.74. The molecule has 7 nitrogen and oxygen atoms in total. The fourth-order valence-corrected chi connectivity index (χ4v) is 1.88. The molecule has 0 aliphatic heterocycles. The van der Waals surface area contributed by atoms with E-state index < -0.39 is 23.4 Å². The number of nitro groups is 1. The van der Waals surface area contributed by atoms with Crippen LogP contribution in [0.1, 0.15) is 15.9 Å². The summed E-state index contributed by atoms with van der Waals surface area (Å²) in [4.78, 5) is 33.6. The molecule has 2 rings (SSSR count). The molecule has 2 aromatic carbocycles. The van der Waals surface area contributed by atoms with Gasteiger partial charge in [-0.15, -0.1) is 0 Å². The van der Waals surface area contributed by atoms with E-state index in [0.717, 1.165) is 5.56 Å². The summed E-state index contributed by atoms with van der Waals surface area (Å²) in [6.45, 7) is 1.36. The molecule has 0 aliphatic rings. The van der Waals surface area contributed by atoms with Crippen LogP contribution >= 0.6 is 0 Å². The number of carbonyl (C=O) groups excluding carboxylic acids is 2. The summed E-state index contributed by atoms with van der Waals surface area (Å²) in [6.07, 6.45) is 0. The number of amides is 1. The topological polar surface area (TPSA) is 98.5 Å². The third-order valence-electron chi connectivity index (χ3n) is 2.93. The summed E-state index contributed by atoms with van der Waals surface area (Å²) in [5.74, 6) is -1.19. The van der Waals surface area contributed by atoms with Gasteiger partial charge >= 0.3 is 5.97 Å². The average Bonchev–Trinajstić information content (AvgIpc) is 2.53. The first-order chi connectivity index (χ1) is 11.0. The first kappa shape index (κ1) is 16.2.